The average molecular weight is 233 g/mol. The summed E-state index contributed by atoms with van der Waals surface area (Å²) in [6, 6.07) is 6.39. The summed E-state index contributed by atoms with van der Waals surface area (Å²) in [5, 5.41) is 18.6. The molecule has 0 aromatic heterocycles. The van der Waals surface area contributed by atoms with Crippen LogP contribution in [0.5, 0.6) is 5.75 Å². The van der Waals surface area contributed by atoms with Crippen molar-refractivity contribution in [1.82, 2.24) is 0 Å². The molecule has 2 heterocycles. The number of hydrogen-bond donors (Lipinski definition) is 2. The minimum absolute atomic E-state index is 0.211. The van der Waals surface area contributed by atoms with E-state index in [9.17, 15) is 15.0 Å². The molecule has 4 rings (SSSR count). The van der Waals surface area contributed by atoms with Gasteiger partial charge in [-0.3, -0.25) is 0 Å². The first-order chi connectivity index (χ1) is 8.15. The molecule has 17 heavy (non-hydrogen) atoms. The number of phenolic OH excluding ortho intramolecular Hbond substituents is 1. The second kappa shape index (κ2) is 3.65. The predicted molar refractivity (Wildman–Crippen MR) is 63.1 cm³/mol. The summed E-state index contributed by atoms with van der Waals surface area (Å²) < 4.78 is 0. The van der Waals surface area contributed by atoms with Crippen molar-refractivity contribution in [3.63, 3.8) is 0 Å². The highest BCUT2D eigenvalue weighted by Crippen LogP contribution is 2.45. The molecule has 3 aliphatic rings. The van der Waals surface area contributed by atoms with Crippen LogP contribution in [-0.2, 0) is 4.79 Å². The fourth-order valence-electron chi connectivity index (χ4n) is 3.09. The maximum Gasteiger partial charge on any atom is 0.326 e. The molecule has 0 radical (unpaired) electrons. The number of benzene rings is 1. The number of fused-ring (bicyclic) bond motifs is 2. The summed E-state index contributed by atoms with van der Waals surface area (Å²) in [5.41, 5.74) is 0.893. The second-order valence-corrected chi connectivity index (χ2v) is 5.05. The minimum atomic E-state index is -0.735. The molecule has 2 saturated heterocycles. The van der Waals surface area contributed by atoms with Crippen molar-refractivity contribution in [3.05, 3.63) is 24.3 Å². The average Bonchev–Trinajstić information content (AvgIpc) is 2.28. The molecule has 1 atom stereocenters. The van der Waals surface area contributed by atoms with Gasteiger partial charge >= 0.3 is 5.97 Å². The van der Waals surface area contributed by atoms with E-state index < -0.39 is 12.0 Å². The van der Waals surface area contributed by atoms with Gasteiger partial charge < -0.3 is 15.1 Å². The number of carboxylic acids is 1. The van der Waals surface area contributed by atoms with E-state index in [0.29, 0.717) is 11.8 Å². The number of carboxylic acid groups (broad SMARTS) is 1. The van der Waals surface area contributed by atoms with Crippen molar-refractivity contribution in [1.29, 1.82) is 0 Å². The number of phenols is 1. The molecular formula is C13H15NO3. The van der Waals surface area contributed by atoms with Gasteiger partial charge in [0.15, 0.2) is 0 Å². The van der Waals surface area contributed by atoms with Gasteiger partial charge in [-0.15, -0.1) is 0 Å². The van der Waals surface area contributed by atoms with E-state index in [1.54, 1.807) is 24.3 Å². The molecule has 0 spiro atoms. The van der Waals surface area contributed by atoms with Crippen molar-refractivity contribution in [2.45, 2.75) is 18.9 Å². The summed E-state index contributed by atoms with van der Waals surface area (Å²) in [6.07, 6.45) is 2.09. The largest absolute Gasteiger partial charge is 0.508 e. The first-order valence-electron chi connectivity index (χ1n) is 5.93. The Hall–Kier alpha value is -1.71. The molecule has 0 amide bonds. The maximum absolute atomic E-state index is 11.3. The van der Waals surface area contributed by atoms with Gasteiger partial charge in [-0.25, -0.2) is 4.79 Å². The number of rotatable bonds is 2. The van der Waals surface area contributed by atoms with Gasteiger partial charge in [0.1, 0.15) is 11.8 Å². The molecule has 90 valence electrons. The molecule has 2 aliphatic heterocycles. The van der Waals surface area contributed by atoms with Crippen molar-refractivity contribution >= 4 is 11.7 Å². The SMILES string of the molecule is O=C(O)C1C2CC(C2)CN1c1ccc(O)cc1. The second-order valence-electron chi connectivity index (χ2n) is 5.05. The quantitative estimate of drug-likeness (QED) is 0.816. The lowest BCUT2D eigenvalue weighted by atomic mass is 9.66. The van der Waals surface area contributed by atoms with Crippen LogP contribution in [0.15, 0.2) is 24.3 Å². The van der Waals surface area contributed by atoms with Gasteiger partial charge in [0, 0.05) is 12.2 Å². The molecule has 1 aromatic rings. The summed E-state index contributed by atoms with van der Waals surface area (Å²) in [5.74, 6) is 0.411. The molecule has 1 aromatic carbocycles. The smallest absolute Gasteiger partial charge is 0.326 e. The fraction of sp³-hybridized carbons (Fsp3) is 0.462. The Balaban J connectivity index is 1.90. The highest BCUT2D eigenvalue weighted by Gasteiger charge is 2.47. The highest BCUT2D eigenvalue weighted by atomic mass is 16.4. The Morgan fingerprint density at radius 1 is 1.24 bits per heavy atom. The van der Waals surface area contributed by atoms with Gasteiger partial charge in [0.05, 0.1) is 0 Å². The normalized spacial score (nSPS) is 30.8. The van der Waals surface area contributed by atoms with Gasteiger partial charge in [-0.1, -0.05) is 0 Å². The zero-order valence-electron chi connectivity index (χ0n) is 9.41. The van der Waals surface area contributed by atoms with Crippen LogP contribution < -0.4 is 4.90 Å². The first kappa shape index (κ1) is 10.4. The standard InChI is InChI=1S/C13H15NO3/c15-11-3-1-10(2-4-11)14-7-8-5-9(6-8)12(14)13(16)17/h1-4,8-9,12,15H,5-7H2,(H,16,17). The van der Waals surface area contributed by atoms with E-state index in [1.807, 2.05) is 4.90 Å². The molecule has 3 fully saturated rings. The lowest BCUT2D eigenvalue weighted by Crippen LogP contribution is -2.59. The Bertz CT molecular complexity index is 436. The van der Waals surface area contributed by atoms with E-state index in [2.05, 4.69) is 0 Å². The zero-order chi connectivity index (χ0) is 12.0. The number of piperidine rings is 2. The van der Waals surface area contributed by atoms with Crippen LogP contribution in [0.3, 0.4) is 0 Å². The number of hydrogen-bond acceptors (Lipinski definition) is 3. The first-order valence-corrected chi connectivity index (χ1v) is 5.93. The number of nitrogens with zero attached hydrogens (tertiary/aromatic N) is 1. The minimum Gasteiger partial charge on any atom is -0.508 e. The molecule has 4 heteroatoms. The summed E-state index contributed by atoms with van der Waals surface area (Å²) in [6.45, 7) is 0.818. The van der Waals surface area contributed by atoms with Gasteiger partial charge in [0.2, 0.25) is 0 Å². The van der Waals surface area contributed by atoms with Gasteiger partial charge in [0.25, 0.3) is 0 Å². The summed E-state index contributed by atoms with van der Waals surface area (Å²) >= 11 is 0. The van der Waals surface area contributed by atoms with Crippen LogP contribution in [-0.4, -0.2) is 28.8 Å². The van der Waals surface area contributed by atoms with E-state index in [1.165, 1.54) is 0 Å². The van der Waals surface area contributed by atoms with Crippen molar-refractivity contribution in [3.8, 4) is 5.75 Å². The fourth-order valence-corrected chi connectivity index (χ4v) is 3.09. The van der Waals surface area contributed by atoms with E-state index >= 15 is 0 Å². The predicted octanol–water partition coefficient (Wildman–Crippen LogP) is 1.69. The molecule has 4 nitrogen and oxygen atoms in total. The Morgan fingerprint density at radius 3 is 2.47 bits per heavy atom. The number of anilines is 1. The van der Waals surface area contributed by atoms with Gasteiger partial charge in [-0.2, -0.15) is 0 Å². The maximum atomic E-state index is 11.3. The van der Waals surface area contributed by atoms with E-state index in [4.69, 9.17) is 0 Å². The van der Waals surface area contributed by atoms with Crippen LogP contribution in [0.25, 0.3) is 0 Å². The monoisotopic (exact) mass is 233 g/mol. The molecule has 2 bridgehead atoms. The van der Waals surface area contributed by atoms with Crippen LogP contribution in [0.1, 0.15) is 12.8 Å². The number of carbonyl (C=O) groups is 1. The van der Waals surface area contributed by atoms with E-state index in [-0.39, 0.29) is 5.75 Å². The number of aliphatic carboxylic acids is 1. The Kier molecular flexibility index (Phi) is 2.24. The third-order valence-corrected chi connectivity index (χ3v) is 3.94. The van der Waals surface area contributed by atoms with E-state index in [0.717, 1.165) is 25.1 Å². The van der Waals surface area contributed by atoms with Crippen molar-refractivity contribution < 1.29 is 15.0 Å². The Morgan fingerprint density at radius 2 is 1.88 bits per heavy atom. The molecule has 1 aliphatic carbocycles. The van der Waals surface area contributed by atoms with Crippen LogP contribution in [0.4, 0.5) is 5.69 Å². The lowest BCUT2D eigenvalue weighted by molar-refractivity contribution is -0.142. The number of aromatic hydroxyl groups is 1. The highest BCUT2D eigenvalue weighted by molar-refractivity contribution is 5.79. The topological polar surface area (TPSA) is 60.8 Å². The molecule has 1 unspecified atom stereocenters. The van der Waals surface area contributed by atoms with Crippen molar-refractivity contribution in [2.75, 3.05) is 11.4 Å². The molecular weight excluding hydrogens is 218 g/mol. The molecule has 1 saturated carbocycles. The third kappa shape index (κ3) is 1.64. The van der Waals surface area contributed by atoms with Gasteiger partial charge in [-0.05, 0) is 48.9 Å². The van der Waals surface area contributed by atoms with Crippen LogP contribution in [0.2, 0.25) is 0 Å². The van der Waals surface area contributed by atoms with Crippen LogP contribution >= 0.6 is 0 Å². The summed E-state index contributed by atoms with van der Waals surface area (Å²) in [7, 11) is 0. The lowest BCUT2D eigenvalue weighted by Gasteiger charge is -2.52. The molecule has 2 N–H and O–H groups in total. The van der Waals surface area contributed by atoms with Crippen LogP contribution in [0, 0.1) is 11.8 Å². The van der Waals surface area contributed by atoms with Crippen molar-refractivity contribution in [2.24, 2.45) is 11.8 Å². The third-order valence-electron chi connectivity index (χ3n) is 3.94. The Labute approximate surface area is 99.5 Å². The summed E-state index contributed by atoms with van der Waals surface area (Å²) in [4.78, 5) is 13.3. The zero-order valence-corrected chi connectivity index (χ0v) is 9.41.